The van der Waals surface area contributed by atoms with E-state index in [-0.39, 0.29) is 6.04 Å². The molecule has 2 rings (SSSR count). The molecule has 0 aromatic heterocycles. The van der Waals surface area contributed by atoms with Crippen molar-refractivity contribution in [2.45, 2.75) is 31.7 Å². The van der Waals surface area contributed by atoms with Crippen LogP contribution in [0.15, 0.2) is 30.3 Å². The fourth-order valence-electron chi connectivity index (χ4n) is 2.93. The highest BCUT2D eigenvalue weighted by Gasteiger charge is 2.20. The number of piperidine rings is 1. The molecule has 0 spiro atoms. The summed E-state index contributed by atoms with van der Waals surface area (Å²) in [7, 11) is 0. The second-order valence-corrected chi connectivity index (χ2v) is 6.16. The maximum atomic E-state index is 10.6. The number of benzene rings is 1. The summed E-state index contributed by atoms with van der Waals surface area (Å²) in [6, 6.07) is 10.2. The number of hydrazine groups is 1. The number of carboxylic acid groups (broad SMARTS) is 1. The molecule has 0 unspecified atom stereocenters. The lowest BCUT2D eigenvalue weighted by atomic mass is 9.95. The average Bonchev–Trinajstić information content (AvgIpc) is 2.53. The molecule has 128 valence electrons. The van der Waals surface area contributed by atoms with Crippen LogP contribution in [0.2, 0.25) is 0 Å². The molecule has 0 saturated carbocycles. The van der Waals surface area contributed by atoms with Crippen LogP contribution in [0, 0.1) is 5.92 Å². The summed E-state index contributed by atoms with van der Waals surface area (Å²) in [4.78, 5) is 10.6. The van der Waals surface area contributed by atoms with E-state index >= 15 is 0 Å². The Balaban J connectivity index is 1.53. The van der Waals surface area contributed by atoms with E-state index in [1.165, 1.54) is 5.56 Å². The smallest absolute Gasteiger partial charge is 0.419 e. The summed E-state index contributed by atoms with van der Waals surface area (Å²) in [6.45, 7) is 2.84. The van der Waals surface area contributed by atoms with Crippen LogP contribution >= 0.6 is 0 Å². The average molecular weight is 321 g/mol. The number of nitrogens with zero attached hydrogens (tertiary/aromatic N) is 1. The molecule has 1 aromatic carbocycles. The number of ether oxygens (including phenoxy) is 1. The number of amides is 1. The SMILES string of the molecule is N[C@@H](COCCC1CCN(NC(=O)O)CC1)Cc1ccccc1. The number of nitrogens with two attached hydrogens (primary N) is 1. The Kier molecular flexibility index (Phi) is 7.32. The summed E-state index contributed by atoms with van der Waals surface area (Å²) >= 11 is 0. The number of carbonyl (C=O) groups is 1. The number of hydrogen-bond donors (Lipinski definition) is 3. The molecular weight excluding hydrogens is 294 g/mol. The van der Waals surface area contributed by atoms with Gasteiger partial charge in [-0.2, -0.15) is 0 Å². The van der Waals surface area contributed by atoms with Crippen LogP contribution in [0.3, 0.4) is 0 Å². The van der Waals surface area contributed by atoms with Crippen LogP contribution in [0.4, 0.5) is 4.79 Å². The van der Waals surface area contributed by atoms with Crippen molar-refractivity contribution in [3.63, 3.8) is 0 Å². The van der Waals surface area contributed by atoms with Crippen molar-refractivity contribution in [1.29, 1.82) is 0 Å². The Labute approximate surface area is 137 Å². The van der Waals surface area contributed by atoms with Crippen molar-refractivity contribution in [3.8, 4) is 0 Å². The highest BCUT2D eigenvalue weighted by molar-refractivity contribution is 5.63. The third kappa shape index (κ3) is 6.99. The van der Waals surface area contributed by atoms with Gasteiger partial charge in [0.25, 0.3) is 0 Å². The molecule has 23 heavy (non-hydrogen) atoms. The van der Waals surface area contributed by atoms with Gasteiger partial charge < -0.3 is 15.6 Å². The maximum Gasteiger partial charge on any atom is 0.419 e. The first-order valence-electron chi connectivity index (χ1n) is 8.25. The molecule has 1 aliphatic heterocycles. The van der Waals surface area contributed by atoms with Crippen LogP contribution in [-0.2, 0) is 11.2 Å². The van der Waals surface area contributed by atoms with E-state index in [1.807, 2.05) is 18.2 Å². The van der Waals surface area contributed by atoms with E-state index in [2.05, 4.69) is 17.6 Å². The Morgan fingerprint density at radius 2 is 2.04 bits per heavy atom. The minimum Gasteiger partial charge on any atom is -0.464 e. The molecule has 1 fully saturated rings. The van der Waals surface area contributed by atoms with Crippen LogP contribution < -0.4 is 11.2 Å². The normalized spacial score (nSPS) is 17.8. The number of hydrogen-bond acceptors (Lipinski definition) is 4. The highest BCUT2D eigenvalue weighted by Crippen LogP contribution is 2.19. The second-order valence-electron chi connectivity index (χ2n) is 6.16. The van der Waals surface area contributed by atoms with Gasteiger partial charge in [0.1, 0.15) is 0 Å². The van der Waals surface area contributed by atoms with Crippen molar-refractivity contribution in [2.24, 2.45) is 11.7 Å². The van der Waals surface area contributed by atoms with E-state index in [1.54, 1.807) is 5.01 Å². The zero-order valence-electron chi connectivity index (χ0n) is 13.5. The minimum absolute atomic E-state index is 0.0269. The molecule has 1 aromatic rings. The van der Waals surface area contributed by atoms with E-state index in [9.17, 15) is 4.79 Å². The van der Waals surface area contributed by atoms with Gasteiger partial charge in [0, 0.05) is 25.7 Å². The Morgan fingerprint density at radius 3 is 2.70 bits per heavy atom. The van der Waals surface area contributed by atoms with Gasteiger partial charge in [0.2, 0.25) is 0 Å². The zero-order chi connectivity index (χ0) is 16.5. The van der Waals surface area contributed by atoms with E-state index in [0.717, 1.165) is 45.4 Å². The summed E-state index contributed by atoms with van der Waals surface area (Å²) in [5, 5.41) is 10.4. The summed E-state index contributed by atoms with van der Waals surface area (Å²) in [5.41, 5.74) is 9.74. The molecule has 6 nitrogen and oxygen atoms in total. The van der Waals surface area contributed by atoms with E-state index in [4.69, 9.17) is 15.6 Å². The van der Waals surface area contributed by atoms with Crippen molar-refractivity contribution in [1.82, 2.24) is 10.4 Å². The van der Waals surface area contributed by atoms with Gasteiger partial charge in [-0.05, 0) is 37.2 Å². The first-order chi connectivity index (χ1) is 11.1. The lowest BCUT2D eigenvalue weighted by molar-refractivity contribution is 0.0773. The van der Waals surface area contributed by atoms with Crippen LogP contribution in [0.5, 0.6) is 0 Å². The summed E-state index contributed by atoms with van der Waals surface area (Å²) in [5.74, 6) is 0.604. The molecular formula is C17H27N3O3. The van der Waals surface area contributed by atoms with Crippen molar-refractivity contribution >= 4 is 6.09 Å². The first-order valence-corrected chi connectivity index (χ1v) is 8.25. The first kappa shape index (κ1) is 17.7. The quantitative estimate of drug-likeness (QED) is 0.636. The lowest BCUT2D eigenvalue weighted by Gasteiger charge is -2.31. The topological polar surface area (TPSA) is 87.8 Å². The zero-order valence-corrected chi connectivity index (χ0v) is 13.5. The molecule has 6 heteroatoms. The molecule has 1 amide bonds. The van der Waals surface area contributed by atoms with E-state index < -0.39 is 6.09 Å². The largest absolute Gasteiger partial charge is 0.464 e. The van der Waals surface area contributed by atoms with Crippen molar-refractivity contribution in [2.75, 3.05) is 26.3 Å². The Hall–Kier alpha value is -1.63. The fraction of sp³-hybridized carbons (Fsp3) is 0.588. The predicted octanol–water partition coefficient (Wildman–Crippen LogP) is 1.86. The van der Waals surface area contributed by atoms with Gasteiger partial charge in [-0.15, -0.1) is 0 Å². The molecule has 1 aliphatic rings. The van der Waals surface area contributed by atoms with Gasteiger partial charge in [0.05, 0.1) is 6.61 Å². The minimum atomic E-state index is -0.987. The summed E-state index contributed by atoms with van der Waals surface area (Å²) < 4.78 is 5.71. The standard InChI is InChI=1S/C17H27N3O3/c18-16(12-15-4-2-1-3-5-15)13-23-11-8-14-6-9-20(10-7-14)19-17(21)22/h1-5,14,16,19H,6-13,18H2,(H,21,22)/t16-/m1/s1. The predicted molar refractivity (Wildman–Crippen MR) is 89.0 cm³/mol. The molecule has 0 radical (unpaired) electrons. The molecule has 1 heterocycles. The van der Waals surface area contributed by atoms with Gasteiger partial charge in [-0.1, -0.05) is 30.3 Å². The third-order valence-electron chi connectivity index (χ3n) is 4.21. The van der Waals surface area contributed by atoms with Gasteiger partial charge in [-0.3, -0.25) is 5.43 Å². The second kappa shape index (κ2) is 9.50. The monoisotopic (exact) mass is 321 g/mol. The van der Waals surface area contributed by atoms with Crippen LogP contribution in [0.1, 0.15) is 24.8 Å². The Bertz CT molecular complexity index is 461. The number of nitrogens with one attached hydrogen (secondary N) is 1. The highest BCUT2D eigenvalue weighted by atomic mass is 16.5. The molecule has 0 aliphatic carbocycles. The third-order valence-corrected chi connectivity index (χ3v) is 4.21. The molecule has 1 saturated heterocycles. The van der Waals surface area contributed by atoms with Gasteiger partial charge >= 0.3 is 6.09 Å². The van der Waals surface area contributed by atoms with Crippen LogP contribution in [0.25, 0.3) is 0 Å². The van der Waals surface area contributed by atoms with Crippen molar-refractivity contribution in [3.05, 3.63) is 35.9 Å². The fourth-order valence-corrected chi connectivity index (χ4v) is 2.93. The molecule has 0 bridgehead atoms. The number of rotatable bonds is 8. The lowest BCUT2D eigenvalue weighted by Crippen LogP contribution is -2.46. The maximum absolute atomic E-state index is 10.6. The molecule has 4 N–H and O–H groups in total. The van der Waals surface area contributed by atoms with E-state index in [0.29, 0.717) is 12.5 Å². The Morgan fingerprint density at radius 1 is 1.35 bits per heavy atom. The van der Waals surface area contributed by atoms with Gasteiger partial charge in [0.15, 0.2) is 0 Å². The van der Waals surface area contributed by atoms with Gasteiger partial charge in [-0.25, -0.2) is 9.80 Å². The van der Waals surface area contributed by atoms with Crippen LogP contribution in [-0.4, -0.2) is 48.6 Å². The summed E-state index contributed by atoms with van der Waals surface area (Å²) in [6.07, 6.45) is 2.86. The molecule has 1 atom stereocenters. The van der Waals surface area contributed by atoms with Crippen molar-refractivity contribution < 1.29 is 14.6 Å².